The predicted octanol–water partition coefficient (Wildman–Crippen LogP) is 2.30. The molecule has 2 heterocycles. The second kappa shape index (κ2) is 4.76. The number of amides is 1. The fourth-order valence-corrected chi connectivity index (χ4v) is 3.27. The van der Waals surface area contributed by atoms with Crippen molar-refractivity contribution in [3.8, 4) is 0 Å². The van der Waals surface area contributed by atoms with Crippen LogP contribution in [0.25, 0.3) is 0 Å². The van der Waals surface area contributed by atoms with Gasteiger partial charge >= 0.3 is 0 Å². The molecule has 0 aromatic heterocycles. The van der Waals surface area contributed by atoms with Crippen LogP contribution < -0.4 is 5.32 Å². The highest BCUT2D eigenvalue weighted by atomic mass is 35.5. The number of carbonyl (C=O) groups is 1. The largest absolute Gasteiger partial charge is 0.338 e. The summed E-state index contributed by atoms with van der Waals surface area (Å²) >= 11 is 5.73. The average molecular weight is 283 g/mol. The van der Waals surface area contributed by atoms with E-state index in [9.17, 15) is 9.18 Å². The van der Waals surface area contributed by atoms with Crippen LogP contribution >= 0.6 is 11.6 Å². The van der Waals surface area contributed by atoms with E-state index in [-0.39, 0.29) is 21.9 Å². The molecule has 1 aromatic rings. The fraction of sp³-hybridized carbons (Fsp3) is 0.500. The van der Waals surface area contributed by atoms with Crippen molar-refractivity contribution < 1.29 is 9.18 Å². The Labute approximate surface area is 116 Å². The van der Waals surface area contributed by atoms with Gasteiger partial charge in [-0.2, -0.15) is 0 Å². The van der Waals surface area contributed by atoms with Gasteiger partial charge in [0.15, 0.2) is 5.82 Å². The number of carbonyl (C=O) groups excluding carboxylic acids is 1. The maximum atomic E-state index is 13.9. The van der Waals surface area contributed by atoms with Crippen LogP contribution in [0.5, 0.6) is 0 Å². The van der Waals surface area contributed by atoms with E-state index in [1.807, 2.05) is 0 Å². The van der Waals surface area contributed by atoms with Crippen molar-refractivity contribution in [1.29, 1.82) is 0 Å². The number of rotatable bonds is 1. The quantitative estimate of drug-likeness (QED) is 0.857. The Kier molecular flexibility index (Phi) is 3.23. The maximum absolute atomic E-state index is 13.9. The molecule has 2 fully saturated rings. The van der Waals surface area contributed by atoms with Crippen LogP contribution in [0.2, 0.25) is 5.02 Å². The van der Waals surface area contributed by atoms with Crippen LogP contribution in [0.15, 0.2) is 18.2 Å². The standard InChI is InChI=1S/C14H16ClFN2O/c15-11-3-1-2-10(12(11)16)13(19)18-7-5-14(9-18)4-6-17-8-14/h1-3,17H,4-9H2. The van der Waals surface area contributed by atoms with Crippen molar-refractivity contribution in [1.82, 2.24) is 10.2 Å². The molecule has 2 aliphatic rings. The Morgan fingerprint density at radius 2 is 2.26 bits per heavy atom. The Balaban J connectivity index is 1.80. The average Bonchev–Trinajstić information content (AvgIpc) is 3.03. The Morgan fingerprint density at radius 1 is 1.42 bits per heavy atom. The highest BCUT2D eigenvalue weighted by Gasteiger charge is 2.42. The van der Waals surface area contributed by atoms with Crippen LogP contribution in [0, 0.1) is 11.2 Å². The van der Waals surface area contributed by atoms with Crippen molar-refractivity contribution in [2.24, 2.45) is 5.41 Å². The molecule has 19 heavy (non-hydrogen) atoms. The van der Waals surface area contributed by atoms with E-state index in [4.69, 9.17) is 11.6 Å². The van der Waals surface area contributed by atoms with E-state index in [0.717, 1.165) is 25.9 Å². The number of nitrogens with zero attached hydrogens (tertiary/aromatic N) is 1. The minimum absolute atomic E-state index is 0.00212. The molecule has 0 aliphatic carbocycles. The second-order valence-electron chi connectivity index (χ2n) is 5.50. The first-order valence-electron chi connectivity index (χ1n) is 6.55. The number of halogens is 2. The summed E-state index contributed by atoms with van der Waals surface area (Å²) in [5, 5.41) is 3.34. The molecule has 0 radical (unpaired) electrons. The molecule has 3 nitrogen and oxygen atoms in total. The van der Waals surface area contributed by atoms with Crippen molar-refractivity contribution in [3.63, 3.8) is 0 Å². The topological polar surface area (TPSA) is 32.3 Å². The van der Waals surface area contributed by atoms with Gasteiger partial charge in [0, 0.05) is 25.0 Å². The monoisotopic (exact) mass is 282 g/mol. The molecule has 102 valence electrons. The van der Waals surface area contributed by atoms with Gasteiger partial charge in [-0.25, -0.2) is 4.39 Å². The Morgan fingerprint density at radius 3 is 3.00 bits per heavy atom. The van der Waals surface area contributed by atoms with Gasteiger partial charge in [-0.1, -0.05) is 17.7 Å². The van der Waals surface area contributed by atoms with Crippen molar-refractivity contribution >= 4 is 17.5 Å². The second-order valence-corrected chi connectivity index (χ2v) is 5.91. The maximum Gasteiger partial charge on any atom is 0.256 e. The van der Waals surface area contributed by atoms with E-state index in [0.29, 0.717) is 13.1 Å². The minimum atomic E-state index is -0.611. The molecule has 3 rings (SSSR count). The van der Waals surface area contributed by atoms with Gasteiger partial charge in [0.1, 0.15) is 0 Å². The van der Waals surface area contributed by atoms with Gasteiger partial charge in [-0.15, -0.1) is 0 Å². The van der Waals surface area contributed by atoms with Crippen molar-refractivity contribution in [2.45, 2.75) is 12.8 Å². The van der Waals surface area contributed by atoms with Crippen LogP contribution in [0.1, 0.15) is 23.2 Å². The van der Waals surface area contributed by atoms with E-state index < -0.39 is 5.82 Å². The number of benzene rings is 1. The lowest BCUT2D eigenvalue weighted by atomic mass is 9.86. The van der Waals surface area contributed by atoms with Crippen molar-refractivity contribution in [3.05, 3.63) is 34.6 Å². The van der Waals surface area contributed by atoms with Crippen LogP contribution in [-0.2, 0) is 0 Å². The molecule has 1 amide bonds. The zero-order valence-electron chi connectivity index (χ0n) is 10.6. The molecule has 1 unspecified atom stereocenters. The Hall–Kier alpha value is -1.13. The molecule has 0 saturated carbocycles. The van der Waals surface area contributed by atoms with Gasteiger partial charge in [0.25, 0.3) is 5.91 Å². The van der Waals surface area contributed by atoms with Gasteiger partial charge in [-0.05, 0) is 31.5 Å². The molecule has 0 bridgehead atoms. The zero-order chi connectivity index (χ0) is 13.5. The summed E-state index contributed by atoms with van der Waals surface area (Å²) in [6.07, 6.45) is 2.09. The lowest BCUT2D eigenvalue weighted by Gasteiger charge is -2.23. The van der Waals surface area contributed by atoms with Gasteiger partial charge in [-0.3, -0.25) is 4.79 Å². The smallest absolute Gasteiger partial charge is 0.256 e. The first kappa shape index (κ1) is 12.9. The molecular weight excluding hydrogens is 267 g/mol. The molecule has 2 saturated heterocycles. The summed E-state index contributed by atoms with van der Waals surface area (Å²) in [7, 11) is 0. The number of likely N-dealkylation sites (tertiary alicyclic amines) is 1. The van der Waals surface area contributed by atoms with Gasteiger partial charge < -0.3 is 10.2 Å². The highest BCUT2D eigenvalue weighted by molar-refractivity contribution is 6.31. The SMILES string of the molecule is O=C(c1cccc(Cl)c1F)N1CCC2(CCNC2)C1. The summed E-state index contributed by atoms with van der Waals surface area (Å²) in [5.74, 6) is -0.858. The van der Waals surface area contributed by atoms with Gasteiger partial charge in [0.05, 0.1) is 10.6 Å². The first-order chi connectivity index (χ1) is 9.11. The van der Waals surface area contributed by atoms with E-state index in [2.05, 4.69) is 5.32 Å². The lowest BCUT2D eigenvalue weighted by Crippen LogP contribution is -2.33. The third kappa shape index (κ3) is 2.23. The summed E-state index contributed by atoms with van der Waals surface area (Å²) < 4.78 is 13.9. The van der Waals surface area contributed by atoms with E-state index in [1.54, 1.807) is 11.0 Å². The summed E-state index contributed by atoms with van der Waals surface area (Å²) in [5.41, 5.74) is 0.278. The minimum Gasteiger partial charge on any atom is -0.338 e. The lowest BCUT2D eigenvalue weighted by molar-refractivity contribution is 0.0771. The Bertz CT molecular complexity index is 514. The number of hydrogen-bond acceptors (Lipinski definition) is 2. The zero-order valence-corrected chi connectivity index (χ0v) is 11.3. The van der Waals surface area contributed by atoms with Gasteiger partial charge in [0.2, 0.25) is 0 Å². The normalized spacial score (nSPS) is 26.3. The molecule has 1 aromatic carbocycles. The highest BCUT2D eigenvalue weighted by Crippen LogP contribution is 2.36. The molecule has 1 atom stereocenters. The predicted molar refractivity (Wildman–Crippen MR) is 71.9 cm³/mol. The van der Waals surface area contributed by atoms with Crippen LogP contribution in [0.4, 0.5) is 4.39 Å². The van der Waals surface area contributed by atoms with E-state index in [1.165, 1.54) is 12.1 Å². The van der Waals surface area contributed by atoms with Crippen LogP contribution in [0.3, 0.4) is 0 Å². The molecular formula is C14H16ClFN2O. The summed E-state index contributed by atoms with van der Waals surface area (Å²) in [6.45, 7) is 3.37. The van der Waals surface area contributed by atoms with E-state index >= 15 is 0 Å². The van der Waals surface area contributed by atoms with Crippen molar-refractivity contribution in [2.75, 3.05) is 26.2 Å². The number of hydrogen-bond donors (Lipinski definition) is 1. The molecule has 1 spiro atoms. The molecule has 1 N–H and O–H groups in total. The van der Waals surface area contributed by atoms with Crippen LogP contribution in [-0.4, -0.2) is 37.0 Å². The molecule has 5 heteroatoms. The fourth-order valence-electron chi connectivity index (χ4n) is 3.09. The summed E-state index contributed by atoms with van der Waals surface area (Å²) in [4.78, 5) is 14.1. The number of nitrogens with one attached hydrogen (secondary N) is 1. The summed E-state index contributed by atoms with van der Waals surface area (Å²) in [6, 6.07) is 4.57. The third-order valence-corrected chi connectivity index (χ3v) is 4.53. The third-order valence-electron chi connectivity index (χ3n) is 4.24. The molecule has 2 aliphatic heterocycles. The first-order valence-corrected chi connectivity index (χ1v) is 6.93.